The van der Waals surface area contributed by atoms with Gasteiger partial charge in [0, 0.05) is 25.1 Å². The first-order valence-electron chi connectivity index (χ1n) is 7.06. The molecular weight excluding hydrogens is 344 g/mol. The van der Waals surface area contributed by atoms with E-state index in [-0.39, 0.29) is 13.0 Å². The Hall–Kier alpha value is -1.98. The molecule has 1 aliphatic heterocycles. The largest absolute Gasteiger partial charge is 0.460 e. The van der Waals surface area contributed by atoms with Gasteiger partial charge in [-0.15, -0.1) is 0 Å². The molecule has 11 heteroatoms. The number of carbonyl (C=O) groups excluding carboxylic acids is 1. The van der Waals surface area contributed by atoms with Crippen LogP contribution in [0.25, 0.3) is 0 Å². The highest BCUT2D eigenvalue weighted by Gasteiger charge is 2.39. The van der Waals surface area contributed by atoms with E-state index in [9.17, 15) is 22.8 Å². The first-order valence-corrected chi connectivity index (χ1v) is 8.87. The summed E-state index contributed by atoms with van der Waals surface area (Å²) in [5, 5.41) is 0. The Morgan fingerprint density at radius 2 is 2.12 bits per heavy atom. The third kappa shape index (κ3) is 4.52. The number of hydrogen-bond donors (Lipinski definition) is 1. The summed E-state index contributed by atoms with van der Waals surface area (Å²) in [6.07, 6.45) is -0.151. The van der Waals surface area contributed by atoms with Crippen molar-refractivity contribution in [1.82, 2.24) is 9.55 Å². The minimum atomic E-state index is -3.70. The summed E-state index contributed by atoms with van der Waals surface area (Å²) < 4.78 is 38.8. The predicted octanol–water partition coefficient (Wildman–Crippen LogP) is -0.960. The molecule has 2 heterocycles. The van der Waals surface area contributed by atoms with Gasteiger partial charge in [-0.3, -0.25) is 23.3 Å². The van der Waals surface area contributed by atoms with Crippen molar-refractivity contribution in [2.45, 2.75) is 38.7 Å². The monoisotopic (exact) mass is 362 g/mol. The molecule has 0 amide bonds. The van der Waals surface area contributed by atoms with Gasteiger partial charge >= 0.3 is 11.7 Å². The molecule has 10 nitrogen and oxygen atoms in total. The molecule has 0 saturated carbocycles. The molecule has 134 valence electrons. The SMILES string of the molecule is CC(=O)OC1CC(n2cc(C)c(=O)[nH]c2=O)OC1COS(C)(=O)=O. The highest BCUT2D eigenvalue weighted by atomic mass is 32.2. The Balaban J connectivity index is 2.25. The zero-order valence-corrected chi connectivity index (χ0v) is 14.2. The average Bonchev–Trinajstić information content (AvgIpc) is 2.82. The molecule has 1 N–H and O–H groups in total. The highest BCUT2D eigenvalue weighted by Crippen LogP contribution is 2.30. The molecule has 2 rings (SSSR count). The van der Waals surface area contributed by atoms with E-state index < -0.39 is 45.8 Å². The van der Waals surface area contributed by atoms with Gasteiger partial charge in [0.25, 0.3) is 15.7 Å². The van der Waals surface area contributed by atoms with Gasteiger partial charge in [0.1, 0.15) is 18.4 Å². The molecule has 0 bridgehead atoms. The lowest BCUT2D eigenvalue weighted by Crippen LogP contribution is -2.33. The van der Waals surface area contributed by atoms with Crippen LogP contribution in [-0.2, 0) is 28.6 Å². The van der Waals surface area contributed by atoms with E-state index in [1.165, 1.54) is 20.0 Å². The second-order valence-corrected chi connectivity index (χ2v) is 7.12. The number of nitrogens with one attached hydrogen (secondary N) is 1. The number of aromatic nitrogens is 2. The lowest BCUT2D eigenvalue weighted by atomic mass is 10.2. The van der Waals surface area contributed by atoms with E-state index >= 15 is 0 Å². The number of H-pyrrole nitrogens is 1. The number of esters is 1. The third-order valence-electron chi connectivity index (χ3n) is 3.40. The standard InChI is InChI=1S/C13H18N2O8S/c1-7-5-15(13(18)14-12(7)17)11-4-9(22-8(2)16)10(23-11)6-21-24(3,19)20/h5,9-11H,4,6H2,1-3H3,(H,14,17,18). The molecule has 0 spiro atoms. The number of carbonyl (C=O) groups is 1. The molecule has 1 aliphatic rings. The first kappa shape index (κ1) is 18.4. The number of rotatable bonds is 5. The second-order valence-electron chi connectivity index (χ2n) is 5.48. The van der Waals surface area contributed by atoms with Gasteiger partial charge in [0.15, 0.2) is 0 Å². The van der Waals surface area contributed by atoms with Crippen molar-refractivity contribution in [3.8, 4) is 0 Å². The minimum absolute atomic E-state index is 0.114. The van der Waals surface area contributed by atoms with Crippen LogP contribution >= 0.6 is 0 Å². The van der Waals surface area contributed by atoms with Crippen LogP contribution in [0.1, 0.15) is 25.1 Å². The molecular formula is C13H18N2O8S. The number of nitrogens with zero attached hydrogens (tertiary/aromatic N) is 1. The summed E-state index contributed by atoms with van der Waals surface area (Å²) in [5.41, 5.74) is -0.886. The van der Waals surface area contributed by atoms with E-state index in [1.54, 1.807) is 0 Å². The molecule has 24 heavy (non-hydrogen) atoms. The van der Waals surface area contributed by atoms with Crippen LogP contribution in [0.5, 0.6) is 0 Å². The van der Waals surface area contributed by atoms with Crippen LogP contribution in [0.15, 0.2) is 15.8 Å². The van der Waals surface area contributed by atoms with Gasteiger partial charge in [-0.1, -0.05) is 0 Å². The Morgan fingerprint density at radius 1 is 1.46 bits per heavy atom. The maximum atomic E-state index is 11.9. The lowest BCUT2D eigenvalue weighted by molar-refractivity contribution is -0.150. The summed E-state index contributed by atoms with van der Waals surface area (Å²) in [6, 6.07) is 0. The van der Waals surface area contributed by atoms with Crippen molar-refractivity contribution in [1.29, 1.82) is 0 Å². The third-order valence-corrected chi connectivity index (χ3v) is 3.96. The van der Waals surface area contributed by atoms with Crippen LogP contribution in [-0.4, -0.2) is 49.0 Å². The van der Waals surface area contributed by atoms with Gasteiger partial charge in [0.2, 0.25) is 0 Å². The molecule has 0 aromatic carbocycles. The number of aromatic amines is 1. The Kier molecular flexibility index (Phi) is 5.26. The van der Waals surface area contributed by atoms with Gasteiger partial charge < -0.3 is 9.47 Å². The maximum absolute atomic E-state index is 11.9. The maximum Gasteiger partial charge on any atom is 0.330 e. The smallest absolute Gasteiger partial charge is 0.330 e. The van der Waals surface area contributed by atoms with Crippen molar-refractivity contribution in [2.24, 2.45) is 0 Å². The van der Waals surface area contributed by atoms with E-state index in [4.69, 9.17) is 13.7 Å². The van der Waals surface area contributed by atoms with Crippen molar-refractivity contribution in [3.05, 3.63) is 32.6 Å². The fourth-order valence-electron chi connectivity index (χ4n) is 2.35. The Morgan fingerprint density at radius 3 is 2.71 bits per heavy atom. The second kappa shape index (κ2) is 6.87. The molecule has 1 fully saturated rings. The summed E-state index contributed by atoms with van der Waals surface area (Å²) in [5.74, 6) is -0.571. The molecule has 0 radical (unpaired) electrons. The van der Waals surface area contributed by atoms with Crippen LogP contribution < -0.4 is 11.2 Å². The molecule has 1 aromatic heterocycles. The summed E-state index contributed by atoms with van der Waals surface area (Å²) in [7, 11) is -3.70. The minimum Gasteiger partial charge on any atom is -0.460 e. The topological polar surface area (TPSA) is 134 Å². The molecule has 3 unspecified atom stereocenters. The number of hydrogen-bond acceptors (Lipinski definition) is 8. The molecule has 1 aromatic rings. The quantitative estimate of drug-likeness (QED) is 0.523. The normalized spacial score (nSPS) is 24.0. The van der Waals surface area contributed by atoms with Crippen LogP contribution in [0.4, 0.5) is 0 Å². The Labute approximate surface area is 137 Å². The number of ether oxygens (including phenoxy) is 2. The van der Waals surface area contributed by atoms with Gasteiger partial charge in [0.05, 0.1) is 12.9 Å². The van der Waals surface area contributed by atoms with Crippen molar-refractivity contribution >= 4 is 16.1 Å². The highest BCUT2D eigenvalue weighted by molar-refractivity contribution is 7.85. The van der Waals surface area contributed by atoms with Crippen LogP contribution in [0.3, 0.4) is 0 Å². The van der Waals surface area contributed by atoms with E-state index in [0.717, 1.165) is 10.8 Å². The first-order chi connectivity index (χ1) is 11.1. The summed E-state index contributed by atoms with van der Waals surface area (Å²) in [6.45, 7) is 2.38. The molecule has 1 saturated heterocycles. The fourth-order valence-corrected chi connectivity index (χ4v) is 2.73. The van der Waals surface area contributed by atoms with E-state index in [2.05, 4.69) is 4.98 Å². The van der Waals surface area contributed by atoms with E-state index in [1.807, 2.05) is 0 Å². The Bertz CT molecular complexity index is 840. The molecule has 0 aliphatic carbocycles. The van der Waals surface area contributed by atoms with Crippen molar-refractivity contribution < 1.29 is 26.9 Å². The van der Waals surface area contributed by atoms with Crippen LogP contribution in [0, 0.1) is 6.92 Å². The molecule has 3 atom stereocenters. The lowest BCUT2D eigenvalue weighted by Gasteiger charge is -2.17. The van der Waals surface area contributed by atoms with Crippen LogP contribution in [0.2, 0.25) is 0 Å². The average molecular weight is 362 g/mol. The zero-order chi connectivity index (χ0) is 18.1. The predicted molar refractivity (Wildman–Crippen MR) is 80.9 cm³/mol. The zero-order valence-electron chi connectivity index (χ0n) is 13.3. The van der Waals surface area contributed by atoms with Crippen molar-refractivity contribution in [2.75, 3.05) is 12.9 Å². The van der Waals surface area contributed by atoms with Crippen molar-refractivity contribution in [3.63, 3.8) is 0 Å². The fraction of sp³-hybridized carbons (Fsp3) is 0.615. The van der Waals surface area contributed by atoms with E-state index in [0.29, 0.717) is 5.56 Å². The number of aryl methyl sites for hydroxylation is 1. The van der Waals surface area contributed by atoms with Gasteiger partial charge in [-0.2, -0.15) is 8.42 Å². The van der Waals surface area contributed by atoms with Gasteiger partial charge in [-0.05, 0) is 6.92 Å². The van der Waals surface area contributed by atoms with Gasteiger partial charge in [-0.25, -0.2) is 4.79 Å². The summed E-state index contributed by atoms with van der Waals surface area (Å²) >= 11 is 0. The summed E-state index contributed by atoms with van der Waals surface area (Å²) in [4.78, 5) is 36.7.